The Morgan fingerprint density at radius 1 is 1.24 bits per heavy atom. The number of benzene rings is 2. The van der Waals surface area contributed by atoms with Crippen molar-refractivity contribution in [2.24, 2.45) is 5.73 Å². The lowest BCUT2D eigenvalue weighted by atomic mass is 9.96. The van der Waals surface area contributed by atoms with Gasteiger partial charge in [-0.2, -0.15) is 13.2 Å². The fraction of sp³-hybridized carbons (Fsp3) is 0.294. The summed E-state index contributed by atoms with van der Waals surface area (Å²) in [6.45, 7) is 0.527. The number of anilines is 1. The molecular formula is C17H16F4N2O2. The third kappa shape index (κ3) is 3.34. The maximum absolute atomic E-state index is 14.0. The van der Waals surface area contributed by atoms with Crippen LogP contribution in [0.4, 0.5) is 23.2 Å². The summed E-state index contributed by atoms with van der Waals surface area (Å²) in [5, 5.41) is 2.94. The van der Waals surface area contributed by atoms with Crippen molar-refractivity contribution in [3.05, 3.63) is 41.7 Å². The van der Waals surface area contributed by atoms with Gasteiger partial charge in [-0.05, 0) is 29.8 Å². The molecule has 134 valence electrons. The monoisotopic (exact) mass is 356 g/mol. The molecule has 1 atom stereocenters. The number of rotatable bonds is 3. The van der Waals surface area contributed by atoms with Gasteiger partial charge in [0.2, 0.25) is 0 Å². The molecule has 0 aliphatic carbocycles. The number of nitrogens with two attached hydrogens (primary N) is 1. The van der Waals surface area contributed by atoms with E-state index in [0.29, 0.717) is 12.2 Å². The molecule has 1 aliphatic heterocycles. The number of methoxy groups -OCH3 is 1. The van der Waals surface area contributed by atoms with Crippen LogP contribution >= 0.6 is 0 Å². The van der Waals surface area contributed by atoms with E-state index in [4.69, 9.17) is 15.2 Å². The van der Waals surface area contributed by atoms with E-state index >= 15 is 0 Å². The number of hydrogen-bond acceptors (Lipinski definition) is 4. The van der Waals surface area contributed by atoms with E-state index in [-0.39, 0.29) is 29.2 Å². The SMILES string of the molecule is COc1ccc(-c2cc(F)cc3c2OC(CN)CN3)c(C(F)(F)F)c1. The van der Waals surface area contributed by atoms with Gasteiger partial charge in [0.15, 0.2) is 5.75 Å². The molecule has 2 aromatic rings. The van der Waals surface area contributed by atoms with Gasteiger partial charge in [-0.1, -0.05) is 0 Å². The van der Waals surface area contributed by atoms with E-state index < -0.39 is 23.7 Å². The highest BCUT2D eigenvalue weighted by atomic mass is 19.4. The van der Waals surface area contributed by atoms with Gasteiger partial charge in [0.05, 0.1) is 24.9 Å². The molecule has 0 aromatic heterocycles. The Morgan fingerprint density at radius 2 is 2.00 bits per heavy atom. The number of nitrogens with one attached hydrogen (secondary N) is 1. The van der Waals surface area contributed by atoms with Crippen molar-refractivity contribution in [2.45, 2.75) is 12.3 Å². The standard InChI is InChI=1S/C17H16F4N2O2/c1-24-10-2-3-12(14(6-10)17(19,20)21)13-4-9(18)5-15-16(13)25-11(7-22)8-23-15/h2-6,11,23H,7-8,22H2,1H3. The van der Waals surface area contributed by atoms with Crippen LogP contribution in [0.2, 0.25) is 0 Å². The molecule has 3 rings (SSSR count). The summed E-state index contributed by atoms with van der Waals surface area (Å²) in [4.78, 5) is 0. The lowest BCUT2D eigenvalue weighted by molar-refractivity contribution is -0.137. The molecular weight excluding hydrogens is 340 g/mol. The minimum Gasteiger partial charge on any atom is -0.497 e. The second-order valence-electron chi connectivity index (χ2n) is 5.60. The fourth-order valence-electron chi connectivity index (χ4n) is 2.74. The van der Waals surface area contributed by atoms with E-state index in [1.165, 1.54) is 25.3 Å². The number of halogens is 4. The van der Waals surface area contributed by atoms with Crippen molar-refractivity contribution in [3.63, 3.8) is 0 Å². The summed E-state index contributed by atoms with van der Waals surface area (Å²) < 4.78 is 65.0. The molecule has 0 fully saturated rings. The van der Waals surface area contributed by atoms with Crippen LogP contribution in [0.15, 0.2) is 30.3 Å². The summed E-state index contributed by atoms with van der Waals surface area (Å²) in [5.41, 5.74) is 4.76. The zero-order chi connectivity index (χ0) is 18.2. The molecule has 25 heavy (non-hydrogen) atoms. The first-order chi connectivity index (χ1) is 11.8. The van der Waals surface area contributed by atoms with E-state index in [2.05, 4.69) is 5.32 Å². The van der Waals surface area contributed by atoms with Crippen molar-refractivity contribution in [2.75, 3.05) is 25.5 Å². The van der Waals surface area contributed by atoms with Gasteiger partial charge in [0.25, 0.3) is 0 Å². The molecule has 0 saturated heterocycles. The average Bonchev–Trinajstić information content (AvgIpc) is 2.59. The molecule has 8 heteroatoms. The van der Waals surface area contributed by atoms with Crippen molar-refractivity contribution >= 4 is 5.69 Å². The van der Waals surface area contributed by atoms with E-state index in [0.717, 1.165) is 12.1 Å². The second-order valence-corrected chi connectivity index (χ2v) is 5.60. The minimum absolute atomic E-state index is 0.00984. The van der Waals surface area contributed by atoms with Crippen molar-refractivity contribution in [3.8, 4) is 22.6 Å². The summed E-state index contributed by atoms with van der Waals surface area (Å²) in [5.74, 6) is -0.459. The summed E-state index contributed by atoms with van der Waals surface area (Å²) in [7, 11) is 1.28. The highest BCUT2D eigenvalue weighted by molar-refractivity contribution is 5.81. The quantitative estimate of drug-likeness (QED) is 0.825. The van der Waals surface area contributed by atoms with E-state index in [1.54, 1.807) is 0 Å². The molecule has 0 bridgehead atoms. The molecule has 0 amide bonds. The Hall–Kier alpha value is -2.48. The number of hydrogen-bond donors (Lipinski definition) is 2. The Balaban J connectivity index is 2.22. The number of ether oxygens (including phenoxy) is 2. The van der Waals surface area contributed by atoms with Crippen LogP contribution in [0.5, 0.6) is 11.5 Å². The van der Waals surface area contributed by atoms with E-state index in [9.17, 15) is 17.6 Å². The summed E-state index contributed by atoms with van der Waals surface area (Å²) in [6.07, 6.45) is -5.05. The third-order valence-corrected chi connectivity index (χ3v) is 3.94. The van der Waals surface area contributed by atoms with Gasteiger partial charge >= 0.3 is 6.18 Å². The maximum atomic E-state index is 14.0. The van der Waals surface area contributed by atoms with Gasteiger partial charge in [-0.25, -0.2) is 4.39 Å². The van der Waals surface area contributed by atoms with Gasteiger partial charge in [0.1, 0.15) is 17.7 Å². The lowest BCUT2D eigenvalue weighted by Gasteiger charge is -2.29. The molecule has 0 saturated carbocycles. The van der Waals surface area contributed by atoms with Crippen LogP contribution in [0.3, 0.4) is 0 Å². The van der Waals surface area contributed by atoms with Crippen LogP contribution in [0.25, 0.3) is 11.1 Å². The van der Waals surface area contributed by atoms with Gasteiger partial charge in [-0.15, -0.1) is 0 Å². The van der Waals surface area contributed by atoms with Crippen LogP contribution in [0.1, 0.15) is 5.56 Å². The van der Waals surface area contributed by atoms with Crippen LogP contribution in [0, 0.1) is 5.82 Å². The fourth-order valence-corrected chi connectivity index (χ4v) is 2.74. The van der Waals surface area contributed by atoms with Crippen molar-refractivity contribution in [1.29, 1.82) is 0 Å². The molecule has 1 aliphatic rings. The maximum Gasteiger partial charge on any atom is 0.417 e. The normalized spacial score (nSPS) is 16.6. The second kappa shape index (κ2) is 6.44. The van der Waals surface area contributed by atoms with Crippen LogP contribution < -0.4 is 20.5 Å². The first kappa shape index (κ1) is 17.3. The molecule has 1 unspecified atom stereocenters. The Labute approximate surface area is 141 Å². The topological polar surface area (TPSA) is 56.5 Å². The molecule has 0 radical (unpaired) electrons. The number of fused-ring (bicyclic) bond motifs is 1. The van der Waals surface area contributed by atoms with E-state index in [1.807, 2.05) is 0 Å². The molecule has 2 aromatic carbocycles. The van der Waals surface area contributed by atoms with Crippen molar-refractivity contribution in [1.82, 2.24) is 0 Å². The Morgan fingerprint density at radius 3 is 2.64 bits per heavy atom. The predicted octanol–water partition coefficient (Wildman–Crippen LogP) is 3.65. The molecule has 1 heterocycles. The lowest BCUT2D eigenvalue weighted by Crippen LogP contribution is -2.37. The Kier molecular flexibility index (Phi) is 4.47. The molecule has 3 N–H and O–H groups in total. The van der Waals surface area contributed by atoms with Gasteiger partial charge in [0, 0.05) is 18.2 Å². The smallest absolute Gasteiger partial charge is 0.417 e. The third-order valence-electron chi connectivity index (χ3n) is 3.94. The Bertz CT molecular complexity index is 793. The largest absolute Gasteiger partial charge is 0.497 e. The first-order valence-corrected chi connectivity index (χ1v) is 7.53. The van der Waals surface area contributed by atoms with Gasteiger partial charge in [-0.3, -0.25) is 0 Å². The van der Waals surface area contributed by atoms with Crippen LogP contribution in [-0.4, -0.2) is 26.3 Å². The zero-order valence-corrected chi connectivity index (χ0v) is 13.3. The average molecular weight is 356 g/mol. The summed E-state index contributed by atoms with van der Waals surface area (Å²) >= 11 is 0. The first-order valence-electron chi connectivity index (χ1n) is 7.53. The predicted molar refractivity (Wildman–Crippen MR) is 85.4 cm³/mol. The highest BCUT2D eigenvalue weighted by Gasteiger charge is 2.36. The molecule has 4 nitrogen and oxygen atoms in total. The zero-order valence-electron chi connectivity index (χ0n) is 13.3. The van der Waals surface area contributed by atoms with Crippen molar-refractivity contribution < 1.29 is 27.0 Å². The van der Waals surface area contributed by atoms with Gasteiger partial charge < -0.3 is 20.5 Å². The molecule has 0 spiro atoms. The summed E-state index contributed by atoms with van der Waals surface area (Å²) in [6, 6.07) is 5.72. The number of alkyl halides is 3. The minimum atomic E-state index is -4.64. The highest BCUT2D eigenvalue weighted by Crippen LogP contribution is 2.45. The van der Waals surface area contributed by atoms with Crippen LogP contribution in [-0.2, 0) is 6.18 Å².